The summed E-state index contributed by atoms with van der Waals surface area (Å²) in [6, 6.07) is 0.264. The molecule has 1 aliphatic rings. The summed E-state index contributed by atoms with van der Waals surface area (Å²) in [4.78, 5) is 10.8. The van der Waals surface area contributed by atoms with Crippen molar-refractivity contribution >= 4 is 5.97 Å². The molecule has 5 heteroatoms. The third-order valence-electron chi connectivity index (χ3n) is 2.77. The minimum absolute atomic E-state index is 0.264. The van der Waals surface area contributed by atoms with E-state index in [1.807, 2.05) is 4.68 Å². The molecule has 1 N–H and O–H groups in total. The number of carboxylic acids is 1. The average molecular weight is 210 g/mol. The van der Waals surface area contributed by atoms with Crippen molar-refractivity contribution in [2.75, 3.05) is 13.2 Å². The van der Waals surface area contributed by atoms with Crippen LogP contribution in [0.3, 0.4) is 0 Å². The second kappa shape index (κ2) is 4.02. The zero-order valence-electron chi connectivity index (χ0n) is 8.59. The Balaban J connectivity index is 2.12. The molecule has 0 aliphatic carbocycles. The van der Waals surface area contributed by atoms with E-state index in [1.165, 1.54) is 0 Å². The molecular formula is C10H14N2O3. The molecule has 5 nitrogen and oxygen atoms in total. The Labute approximate surface area is 87.7 Å². The van der Waals surface area contributed by atoms with Crippen LogP contribution in [-0.2, 0) is 9.53 Å². The molecular weight excluding hydrogens is 196 g/mol. The van der Waals surface area contributed by atoms with Crippen molar-refractivity contribution < 1.29 is 14.6 Å². The van der Waals surface area contributed by atoms with Crippen LogP contribution in [0, 0.1) is 0 Å². The second-order valence-corrected chi connectivity index (χ2v) is 3.83. The summed E-state index contributed by atoms with van der Waals surface area (Å²) >= 11 is 0. The van der Waals surface area contributed by atoms with Gasteiger partial charge in [0.2, 0.25) is 0 Å². The van der Waals surface area contributed by atoms with Crippen LogP contribution >= 0.6 is 0 Å². The monoisotopic (exact) mass is 210 g/mol. The highest BCUT2D eigenvalue weighted by Gasteiger charge is 2.21. The molecule has 1 fully saturated rings. The Hall–Kier alpha value is -1.36. The van der Waals surface area contributed by atoms with Crippen molar-refractivity contribution in [1.29, 1.82) is 0 Å². The topological polar surface area (TPSA) is 64.3 Å². The number of ether oxygens (including phenoxy) is 1. The normalized spacial score (nSPS) is 22.9. The molecule has 1 aromatic heterocycles. The molecule has 0 bridgehead atoms. The zero-order chi connectivity index (χ0) is 10.8. The van der Waals surface area contributed by atoms with Crippen molar-refractivity contribution in [3.05, 3.63) is 18.0 Å². The SMILES string of the molecule is CC(C(=O)O)c1cnn(C2CCOC2)c1. The summed E-state index contributed by atoms with van der Waals surface area (Å²) in [5, 5.41) is 13.0. The number of nitrogens with zero attached hydrogens (tertiary/aromatic N) is 2. The molecule has 0 amide bonds. The highest BCUT2D eigenvalue weighted by atomic mass is 16.5. The Morgan fingerprint density at radius 2 is 2.60 bits per heavy atom. The summed E-state index contributed by atoms with van der Waals surface area (Å²) in [6.07, 6.45) is 4.37. The number of aromatic nitrogens is 2. The quantitative estimate of drug-likeness (QED) is 0.809. The first kappa shape index (κ1) is 10.2. The fraction of sp³-hybridized carbons (Fsp3) is 0.600. The first-order valence-electron chi connectivity index (χ1n) is 5.03. The molecule has 0 radical (unpaired) electrons. The first-order valence-corrected chi connectivity index (χ1v) is 5.03. The van der Waals surface area contributed by atoms with Gasteiger partial charge in [0.1, 0.15) is 0 Å². The highest BCUT2D eigenvalue weighted by molar-refractivity contribution is 5.75. The summed E-state index contributed by atoms with van der Waals surface area (Å²) in [5.41, 5.74) is 0.745. The van der Waals surface area contributed by atoms with E-state index in [0.29, 0.717) is 6.61 Å². The van der Waals surface area contributed by atoms with Crippen LogP contribution in [0.5, 0.6) is 0 Å². The molecule has 2 atom stereocenters. The van der Waals surface area contributed by atoms with Gasteiger partial charge in [-0.3, -0.25) is 9.48 Å². The molecule has 0 aromatic carbocycles. The predicted octanol–water partition coefficient (Wildman–Crippen LogP) is 1.03. The second-order valence-electron chi connectivity index (χ2n) is 3.83. The lowest BCUT2D eigenvalue weighted by Gasteiger charge is -2.07. The number of aliphatic carboxylic acids is 1. The fourth-order valence-electron chi connectivity index (χ4n) is 1.65. The number of hydrogen-bond acceptors (Lipinski definition) is 3. The predicted molar refractivity (Wildman–Crippen MR) is 52.8 cm³/mol. The van der Waals surface area contributed by atoms with Crippen LogP contribution in [0.1, 0.15) is 30.9 Å². The number of carbonyl (C=O) groups is 1. The van der Waals surface area contributed by atoms with Crippen molar-refractivity contribution in [3.8, 4) is 0 Å². The standard InChI is InChI=1S/C10H14N2O3/c1-7(10(13)14)8-4-11-12(5-8)9-2-3-15-6-9/h4-5,7,9H,2-3,6H2,1H3,(H,13,14). The summed E-state index contributed by atoms with van der Waals surface area (Å²) < 4.78 is 7.06. The van der Waals surface area contributed by atoms with Gasteiger partial charge in [-0.05, 0) is 13.3 Å². The molecule has 82 valence electrons. The highest BCUT2D eigenvalue weighted by Crippen LogP contribution is 2.21. The lowest BCUT2D eigenvalue weighted by molar-refractivity contribution is -0.138. The van der Waals surface area contributed by atoms with Crippen molar-refractivity contribution in [2.45, 2.75) is 25.3 Å². The first-order chi connectivity index (χ1) is 7.18. The maximum absolute atomic E-state index is 10.8. The van der Waals surface area contributed by atoms with E-state index in [1.54, 1.807) is 19.3 Å². The van der Waals surface area contributed by atoms with Gasteiger partial charge in [0, 0.05) is 18.4 Å². The van der Waals surface area contributed by atoms with Gasteiger partial charge in [-0.2, -0.15) is 5.10 Å². The average Bonchev–Trinajstić information content (AvgIpc) is 2.86. The van der Waals surface area contributed by atoms with Gasteiger partial charge in [-0.25, -0.2) is 0 Å². The molecule has 2 unspecified atom stereocenters. The fourth-order valence-corrected chi connectivity index (χ4v) is 1.65. The van der Waals surface area contributed by atoms with E-state index >= 15 is 0 Å². The molecule has 0 saturated carbocycles. The Morgan fingerprint density at radius 1 is 1.80 bits per heavy atom. The van der Waals surface area contributed by atoms with Crippen LogP contribution in [0.25, 0.3) is 0 Å². The smallest absolute Gasteiger partial charge is 0.310 e. The minimum atomic E-state index is -0.822. The number of rotatable bonds is 3. The molecule has 0 spiro atoms. The minimum Gasteiger partial charge on any atom is -0.481 e. The lowest BCUT2D eigenvalue weighted by atomic mass is 10.1. The van der Waals surface area contributed by atoms with E-state index in [2.05, 4.69) is 5.10 Å². The van der Waals surface area contributed by atoms with E-state index in [9.17, 15) is 4.79 Å². The Morgan fingerprint density at radius 3 is 3.20 bits per heavy atom. The lowest BCUT2D eigenvalue weighted by Crippen LogP contribution is -2.09. The van der Waals surface area contributed by atoms with Crippen LogP contribution in [0.4, 0.5) is 0 Å². The largest absolute Gasteiger partial charge is 0.481 e. The van der Waals surface area contributed by atoms with Crippen LogP contribution < -0.4 is 0 Å². The van der Waals surface area contributed by atoms with Crippen molar-refractivity contribution in [3.63, 3.8) is 0 Å². The molecule has 2 rings (SSSR count). The van der Waals surface area contributed by atoms with Gasteiger partial charge in [0.25, 0.3) is 0 Å². The summed E-state index contributed by atoms with van der Waals surface area (Å²) in [7, 11) is 0. The van der Waals surface area contributed by atoms with Crippen LogP contribution in [0.2, 0.25) is 0 Å². The van der Waals surface area contributed by atoms with E-state index in [4.69, 9.17) is 9.84 Å². The van der Waals surface area contributed by atoms with Crippen molar-refractivity contribution in [2.24, 2.45) is 0 Å². The molecule has 1 saturated heterocycles. The van der Waals surface area contributed by atoms with Gasteiger partial charge in [0.15, 0.2) is 0 Å². The van der Waals surface area contributed by atoms with Gasteiger partial charge in [0.05, 0.1) is 24.8 Å². The van der Waals surface area contributed by atoms with Gasteiger partial charge >= 0.3 is 5.97 Å². The Kier molecular flexibility index (Phi) is 2.73. The van der Waals surface area contributed by atoms with E-state index < -0.39 is 11.9 Å². The van der Waals surface area contributed by atoms with Crippen molar-refractivity contribution in [1.82, 2.24) is 9.78 Å². The third-order valence-corrected chi connectivity index (χ3v) is 2.77. The van der Waals surface area contributed by atoms with Gasteiger partial charge in [-0.15, -0.1) is 0 Å². The number of hydrogen-bond donors (Lipinski definition) is 1. The number of carboxylic acid groups (broad SMARTS) is 1. The van der Waals surface area contributed by atoms with Gasteiger partial charge < -0.3 is 9.84 Å². The zero-order valence-corrected chi connectivity index (χ0v) is 8.59. The van der Waals surface area contributed by atoms with Gasteiger partial charge in [-0.1, -0.05) is 0 Å². The maximum atomic E-state index is 10.8. The third kappa shape index (κ3) is 2.02. The summed E-state index contributed by atoms with van der Waals surface area (Å²) in [6.45, 7) is 3.09. The molecule has 15 heavy (non-hydrogen) atoms. The van der Waals surface area contributed by atoms with E-state index in [-0.39, 0.29) is 6.04 Å². The van der Waals surface area contributed by atoms with Crippen LogP contribution in [0.15, 0.2) is 12.4 Å². The molecule has 1 aromatic rings. The Bertz CT molecular complexity index is 355. The molecule has 1 aliphatic heterocycles. The van der Waals surface area contributed by atoms with Crippen LogP contribution in [-0.4, -0.2) is 34.1 Å². The van der Waals surface area contributed by atoms with E-state index in [0.717, 1.165) is 18.6 Å². The molecule has 2 heterocycles. The maximum Gasteiger partial charge on any atom is 0.310 e. The summed E-state index contributed by atoms with van der Waals surface area (Å²) in [5.74, 6) is -1.32.